The number of sulfonamides is 1. The zero-order valence-electron chi connectivity index (χ0n) is 19.0. The Hall–Kier alpha value is -3.40. The normalized spacial score (nSPS) is 17.4. The standard InChI is InChI=1S/C23H20ClN5O5S2/c1-13-20-16(23(31)34-13)9-14(11-25)21(26-20)29-12-15(10-18(29)28-7-3-2-4-8-28)22(30)27-36(32,33)19-6-5-17(24)35-19/h5-6,9-10,12-13H,2-4,7-8H2,1H3,(H,27,30). The van der Waals surface area contributed by atoms with Gasteiger partial charge in [0.1, 0.15) is 22.2 Å². The summed E-state index contributed by atoms with van der Waals surface area (Å²) >= 11 is 6.70. The maximum absolute atomic E-state index is 13.1. The second kappa shape index (κ2) is 9.24. The number of nitriles is 1. The van der Waals surface area contributed by atoms with Crippen LogP contribution in [0.4, 0.5) is 5.82 Å². The third-order valence-corrected chi connectivity index (χ3v) is 9.11. The highest BCUT2D eigenvalue weighted by Crippen LogP contribution is 2.34. The van der Waals surface area contributed by atoms with E-state index in [0.717, 1.165) is 43.7 Å². The number of anilines is 1. The molecule has 13 heteroatoms. The summed E-state index contributed by atoms with van der Waals surface area (Å²) in [5.41, 5.74) is 0.832. The van der Waals surface area contributed by atoms with Crippen molar-refractivity contribution in [1.82, 2.24) is 14.3 Å². The highest BCUT2D eigenvalue weighted by molar-refractivity contribution is 7.92. The van der Waals surface area contributed by atoms with Crippen molar-refractivity contribution in [2.45, 2.75) is 36.5 Å². The predicted octanol–water partition coefficient (Wildman–Crippen LogP) is 3.80. The molecule has 0 aliphatic carbocycles. The van der Waals surface area contributed by atoms with Crippen molar-refractivity contribution < 1.29 is 22.7 Å². The van der Waals surface area contributed by atoms with Gasteiger partial charge in [-0.3, -0.25) is 9.36 Å². The van der Waals surface area contributed by atoms with E-state index < -0.39 is 28.0 Å². The average molecular weight is 546 g/mol. The number of nitrogens with zero attached hydrogens (tertiary/aromatic N) is 4. The van der Waals surface area contributed by atoms with E-state index in [0.29, 0.717) is 11.5 Å². The van der Waals surface area contributed by atoms with E-state index in [1.54, 1.807) is 17.6 Å². The van der Waals surface area contributed by atoms with Gasteiger partial charge in [0.2, 0.25) is 0 Å². The number of pyridine rings is 1. The van der Waals surface area contributed by atoms with Crippen LogP contribution in [-0.2, 0) is 14.8 Å². The Labute approximate surface area is 216 Å². The van der Waals surface area contributed by atoms with Crippen molar-refractivity contribution in [3.63, 3.8) is 0 Å². The first-order chi connectivity index (χ1) is 17.2. The third kappa shape index (κ3) is 4.34. The van der Waals surface area contributed by atoms with Gasteiger partial charge in [0, 0.05) is 19.3 Å². The lowest BCUT2D eigenvalue weighted by Gasteiger charge is -2.29. The third-order valence-electron chi connectivity index (χ3n) is 6.05. The summed E-state index contributed by atoms with van der Waals surface area (Å²) in [4.78, 5) is 31.9. The first-order valence-corrected chi connectivity index (χ1v) is 13.8. The van der Waals surface area contributed by atoms with Gasteiger partial charge in [0.05, 0.1) is 26.7 Å². The van der Waals surface area contributed by atoms with Gasteiger partial charge in [-0.1, -0.05) is 11.6 Å². The van der Waals surface area contributed by atoms with Crippen molar-refractivity contribution in [3.8, 4) is 11.9 Å². The molecule has 0 spiro atoms. The molecule has 1 unspecified atom stereocenters. The van der Waals surface area contributed by atoms with E-state index in [1.807, 2.05) is 0 Å². The second-order valence-electron chi connectivity index (χ2n) is 8.45. The molecule has 2 aliphatic heterocycles. The largest absolute Gasteiger partial charge is 0.452 e. The van der Waals surface area contributed by atoms with Crippen LogP contribution in [-0.4, -0.2) is 42.9 Å². The molecule has 3 aromatic rings. The number of thiophene rings is 1. The number of rotatable bonds is 5. The van der Waals surface area contributed by atoms with Gasteiger partial charge in [-0.15, -0.1) is 11.3 Å². The number of aromatic nitrogens is 2. The molecule has 186 valence electrons. The Bertz CT molecular complexity index is 1530. The summed E-state index contributed by atoms with van der Waals surface area (Å²) in [7, 11) is -4.12. The number of carbonyl (C=O) groups excluding carboxylic acids is 2. The number of hydrogen-bond donors (Lipinski definition) is 1. The highest BCUT2D eigenvalue weighted by Gasteiger charge is 2.32. The molecule has 2 aliphatic rings. The molecule has 3 aromatic heterocycles. The molecule has 10 nitrogen and oxygen atoms in total. The first kappa shape index (κ1) is 24.3. The number of carbonyl (C=O) groups is 2. The van der Waals surface area contributed by atoms with Crippen molar-refractivity contribution >= 4 is 50.7 Å². The molecular weight excluding hydrogens is 526 g/mol. The Morgan fingerprint density at radius 1 is 1.28 bits per heavy atom. The van der Waals surface area contributed by atoms with Crippen LogP contribution < -0.4 is 9.62 Å². The fraction of sp³-hybridized carbons (Fsp3) is 0.304. The minimum Gasteiger partial charge on any atom is -0.452 e. The number of cyclic esters (lactones) is 1. The Morgan fingerprint density at radius 2 is 2.03 bits per heavy atom. The van der Waals surface area contributed by atoms with Gasteiger partial charge in [0.15, 0.2) is 5.82 Å². The number of piperidine rings is 1. The zero-order chi connectivity index (χ0) is 25.6. The Balaban J connectivity index is 1.59. The predicted molar refractivity (Wildman–Crippen MR) is 132 cm³/mol. The summed E-state index contributed by atoms with van der Waals surface area (Å²) < 4.78 is 34.5. The quantitative estimate of drug-likeness (QED) is 0.478. The first-order valence-electron chi connectivity index (χ1n) is 11.1. The number of esters is 1. The van der Waals surface area contributed by atoms with Gasteiger partial charge in [-0.25, -0.2) is 22.9 Å². The van der Waals surface area contributed by atoms with Crippen LogP contribution in [0.25, 0.3) is 5.82 Å². The van der Waals surface area contributed by atoms with Crippen LogP contribution in [0.3, 0.4) is 0 Å². The summed E-state index contributed by atoms with van der Waals surface area (Å²) in [6, 6.07) is 7.86. The minimum atomic E-state index is -4.12. The van der Waals surface area contributed by atoms with Crippen LogP contribution in [0.5, 0.6) is 0 Å². The van der Waals surface area contributed by atoms with E-state index in [1.165, 1.54) is 24.4 Å². The van der Waals surface area contributed by atoms with E-state index in [4.69, 9.17) is 16.3 Å². The molecule has 36 heavy (non-hydrogen) atoms. The fourth-order valence-corrected chi connectivity index (χ4v) is 6.78. The lowest BCUT2D eigenvalue weighted by atomic mass is 10.1. The van der Waals surface area contributed by atoms with E-state index in [2.05, 4.69) is 20.7 Å². The monoisotopic (exact) mass is 545 g/mol. The van der Waals surface area contributed by atoms with E-state index >= 15 is 0 Å². The Kier molecular flexibility index (Phi) is 6.23. The molecule has 1 N–H and O–H groups in total. The van der Waals surface area contributed by atoms with Crippen LogP contribution in [0.15, 0.2) is 34.7 Å². The van der Waals surface area contributed by atoms with E-state index in [9.17, 15) is 23.3 Å². The molecule has 1 atom stereocenters. The van der Waals surface area contributed by atoms with Gasteiger partial charge in [0.25, 0.3) is 15.9 Å². The van der Waals surface area contributed by atoms with Crippen LogP contribution >= 0.6 is 22.9 Å². The topological polar surface area (TPSA) is 134 Å². The maximum Gasteiger partial charge on any atom is 0.340 e. The minimum absolute atomic E-state index is 0.0772. The Morgan fingerprint density at radius 3 is 2.69 bits per heavy atom. The highest BCUT2D eigenvalue weighted by atomic mass is 35.5. The zero-order valence-corrected chi connectivity index (χ0v) is 21.4. The maximum atomic E-state index is 13.1. The van der Waals surface area contributed by atoms with Crippen molar-refractivity contribution in [3.05, 3.63) is 57.2 Å². The van der Waals surface area contributed by atoms with Gasteiger partial charge >= 0.3 is 5.97 Å². The van der Waals surface area contributed by atoms with Crippen molar-refractivity contribution in [2.75, 3.05) is 18.0 Å². The molecule has 0 saturated carbocycles. The van der Waals surface area contributed by atoms with Crippen LogP contribution in [0, 0.1) is 11.3 Å². The average Bonchev–Trinajstić information content (AvgIpc) is 3.56. The van der Waals surface area contributed by atoms with Crippen molar-refractivity contribution in [1.29, 1.82) is 5.26 Å². The molecule has 5 rings (SSSR count). The summed E-state index contributed by atoms with van der Waals surface area (Å²) in [5.74, 6) is -0.550. The van der Waals surface area contributed by atoms with Gasteiger partial charge in [-0.2, -0.15) is 5.26 Å². The smallest absolute Gasteiger partial charge is 0.340 e. The summed E-state index contributed by atoms with van der Waals surface area (Å²) in [5, 5.41) is 9.82. The number of halogens is 1. The molecular formula is C23H20ClN5O5S2. The van der Waals surface area contributed by atoms with Gasteiger partial charge in [-0.05, 0) is 50.5 Å². The summed E-state index contributed by atoms with van der Waals surface area (Å²) in [6.07, 6.45) is 3.83. The molecule has 1 amide bonds. The van der Waals surface area contributed by atoms with Crippen LogP contribution in [0.2, 0.25) is 4.34 Å². The fourth-order valence-electron chi connectivity index (χ4n) is 4.32. The molecule has 0 bridgehead atoms. The second-order valence-corrected chi connectivity index (χ2v) is 12.1. The number of nitrogens with one attached hydrogen (secondary N) is 1. The molecule has 0 aromatic carbocycles. The molecule has 1 fully saturated rings. The van der Waals surface area contributed by atoms with Crippen molar-refractivity contribution in [2.24, 2.45) is 0 Å². The van der Waals surface area contributed by atoms with Crippen LogP contribution in [0.1, 0.15) is 64.3 Å². The van der Waals surface area contributed by atoms with Gasteiger partial charge < -0.3 is 9.64 Å². The molecule has 1 saturated heterocycles. The number of ether oxygens (including phenoxy) is 1. The summed E-state index contributed by atoms with van der Waals surface area (Å²) in [6.45, 7) is 3.14. The SMILES string of the molecule is CC1OC(=O)c2cc(C#N)c(-n3cc(C(=O)NS(=O)(=O)c4ccc(Cl)s4)cc3N3CCCCC3)nc21. The lowest BCUT2D eigenvalue weighted by Crippen LogP contribution is -2.31. The number of hydrogen-bond acceptors (Lipinski definition) is 9. The lowest BCUT2D eigenvalue weighted by molar-refractivity contribution is 0.0417. The number of amides is 1. The number of fused-ring (bicyclic) bond motifs is 1. The molecule has 0 radical (unpaired) electrons. The molecule has 5 heterocycles. The van der Waals surface area contributed by atoms with E-state index in [-0.39, 0.29) is 31.1 Å².